The van der Waals surface area contributed by atoms with Gasteiger partial charge in [-0.3, -0.25) is 0 Å². The number of hydrogen-bond donors (Lipinski definition) is 1. The van der Waals surface area contributed by atoms with Gasteiger partial charge in [0.25, 0.3) is 0 Å². The van der Waals surface area contributed by atoms with Gasteiger partial charge in [0, 0.05) is 10.8 Å². The van der Waals surface area contributed by atoms with Crippen molar-refractivity contribution < 1.29 is 13.9 Å². The summed E-state index contributed by atoms with van der Waals surface area (Å²) in [5.41, 5.74) is 2.73. The van der Waals surface area contributed by atoms with E-state index < -0.39 is 5.63 Å². The number of H-pyrrole nitrogens is 1. The summed E-state index contributed by atoms with van der Waals surface area (Å²) in [7, 11) is 0. The highest BCUT2D eigenvalue weighted by Gasteiger charge is 2.14. The van der Waals surface area contributed by atoms with Crippen LogP contribution in [0.1, 0.15) is 11.3 Å². The monoisotopic (exact) mass is 477 g/mol. The lowest BCUT2D eigenvalue weighted by Gasteiger charge is -2.11. The van der Waals surface area contributed by atoms with E-state index in [0.29, 0.717) is 29.1 Å². The van der Waals surface area contributed by atoms with Crippen LogP contribution in [0.2, 0.25) is 0 Å². The number of rotatable bonds is 7. The van der Waals surface area contributed by atoms with Gasteiger partial charge in [0.2, 0.25) is 0 Å². The van der Waals surface area contributed by atoms with Crippen LogP contribution < -0.4 is 15.1 Å². The summed E-state index contributed by atoms with van der Waals surface area (Å²) in [5, 5.41) is 15.2. The topological polar surface area (TPSA) is 116 Å². The summed E-state index contributed by atoms with van der Waals surface area (Å²) >= 11 is 0. The van der Waals surface area contributed by atoms with E-state index in [4.69, 9.17) is 13.9 Å². The molecule has 0 unspecified atom stereocenters. The summed E-state index contributed by atoms with van der Waals surface area (Å²) in [5.74, 6) is 1.41. The molecule has 0 amide bonds. The molecule has 0 saturated carbocycles. The van der Waals surface area contributed by atoms with Crippen LogP contribution in [-0.4, -0.2) is 25.6 Å². The van der Waals surface area contributed by atoms with Crippen molar-refractivity contribution in [3.63, 3.8) is 0 Å². The lowest BCUT2D eigenvalue weighted by molar-refractivity contribution is 0.293. The normalized spacial score (nSPS) is 11.1. The molecule has 0 aliphatic carbocycles. The van der Waals surface area contributed by atoms with Gasteiger partial charge in [-0.25, -0.2) is 14.9 Å². The molecule has 1 N–H and O–H groups in total. The SMILES string of the molecule is O=c1oc2c(OCc3cccc(OCc4ccc5ccccc5n4)c3)cccc2cc1-c1nnn[nH]1. The second kappa shape index (κ2) is 9.30. The first-order valence-electron chi connectivity index (χ1n) is 11.2. The van der Waals surface area contributed by atoms with Crippen molar-refractivity contribution in [2.45, 2.75) is 13.2 Å². The highest BCUT2D eigenvalue weighted by atomic mass is 16.5. The van der Waals surface area contributed by atoms with Gasteiger partial charge in [-0.2, -0.15) is 0 Å². The zero-order chi connectivity index (χ0) is 24.3. The van der Waals surface area contributed by atoms with Crippen molar-refractivity contribution in [3.05, 3.63) is 107 Å². The molecule has 3 aromatic heterocycles. The number of pyridine rings is 1. The molecular formula is C27H19N5O4. The number of nitrogens with zero attached hydrogens (tertiary/aromatic N) is 4. The van der Waals surface area contributed by atoms with Crippen LogP contribution in [0.5, 0.6) is 11.5 Å². The Labute approximate surface area is 204 Å². The molecule has 0 bridgehead atoms. The molecule has 0 spiro atoms. The number of para-hydroxylation sites is 2. The zero-order valence-electron chi connectivity index (χ0n) is 18.9. The van der Waals surface area contributed by atoms with Gasteiger partial charge in [-0.1, -0.05) is 48.5 Å². The number of benzene rings is 3. The van der Waals surface area contributed by atoms with Crippen LogP contribution in [0.3, 0.4) is 0 Å². The number of aromatic amines is 1. The van der Waals surface area contributed by atoms with Crippen LogP contribution in [0.25, 0.3) is 33.3 Å². The maximum Gasteiger partial charge on any atom is 0.347 e. The average Bonchev–Trinajstić information content (AvgIpc) is 3.45. The second-order valence-corrected chi connectivity index (χ2v) is 8.09. The van der Waals surface area contributed by atoms with Crippen molar-refractivity contribution in [2.75, 3.05) is 0 Å². The molecular weight excluding hydrogens is 458 g/mol. The van der Waals surface area contributed by atoms with Gasteiger partial charge in [0.1, 0.15) is 24.5 Å². The molecule has 0 atom stereocenters. The van der Waals surface area contributed by atoms with Gasteiger partial charge < -0.3 is 13.9 Å². The maximum atomic E-state index is 12.5. The molecule has 36 heavy (non-hydrogen) atoms. The van der Waals surface area contributed by atoms with Crippen LogP contribution in [-0.2, 0) is 13.2 Å². The minimum atomic E-state index is -0.560. The molecule has 0 aliphatic heterocycles. The highest BCUT2D eigenvalue weighted by Crippen LogP contribution is 2.28. The van der Waals surface area contributed by atoms with Crippen molar-refractivity contribution in [3.8, 4) is 22.9 Å². The minimum Gasteiger partial charge on any atom is -0.487 e. The molecule has 0 fully saturated rings. The molecule has 6 rings (SSSR count). The Bertz CT molecular complexity index is 1730. The molecule has 6 aromatic rings. The Balaban J connectivity index is 1.17. The smallest absolute Gasteiger partial charge is 0.347 e. The van der Waals surface area contributed by atoms with Gasteiger partial charge in [0.15, 0.2) is 17.2 Å². The quantitative estimate of drug-likeness (QED) is 0.330. The van der Waals surface area contributed by atoms with Gasteiger partial charge in [0.05, 0.1) is 11.2 Å². The Morgan fingerprint density at radius 3 is 2.64 bits per heavy atom. The number of nitrogens with one attached hydrogen (secondary N) is 1. The number of hydrogen-bond acceptors (Lipinski definition) is 8. The minimum absolute atomic E-state index is 0.243. The molecule has 3 aromatic carbocycles. The number of aromatic nitrogens is 5. The Kier molecular flexibility index (Phi) is 5.55. The van der Waals surface area contributed by atoms with E-state index in [1.54, 1.807) is 12.1 Å². The fraction of sp³-hybridized carbons (Fsp3) is 0.0741. The van der Waals surface area contributed by atoms with Gasteiger partial charge in [-0.15, -0.1) is 5.10 Å². The lowest BCUT2D eigenvalue weighted by Crippen LogP contribution is -2.05. The number of fused-ring (bicyclic) bond motifs is 2. The Morgan fingerprint density at radius 2 is 1.72 bits per heavy atom. The van der Waals surface area contributed by atoms with Crippen LogP contribution in [0.4, 0.5) is 0 Å². The summed E-state index contributed by atoms with van der Waals surface area (Å²) in [4.78, 5) is 17.2. The van der Waals surface area contributed by atoms with Gasteiger partial charge >= 0.3 is 5.63 Å². The number of tetrazole rings is 1. The van der Waals surface area contributed by atoms with Crippen molar-refractivity contribution >= 4 is 21.9 Å². The molecule has 0 radical (unpaired) electrons. The van der Waals surface area contributed by atoms with Gasteiger partial charge in [-0.05, 0) is 52.4 Å². The van der Waals surface area contributed by atoms with Crippen molar-refractivity contribution in [2.24, 2.45) is 0 Å². The van der Waals surface area contributed by atoms with E-state index in [1.807, 2.05) is 72.8 Å². The predicted molar refractivity (Wildman–Crippen MR) is 133 cm³/mol. The molecule has 9 nitrogen and oxygen atoms in total. The van der Waals surface area contributed by atoms with E-state index in [2.05, 4.69) is 25.6 Å². The summed E-state index contributed by atoms with van der Waals surface area (Å²) < 4.78 is 17.5. The Morgan fingerprint density at radius 1 is 0.833 bits per heavy atom. The third-order valence-corrected chi connectivity index (χ3v) is 5.66. The second-order valence-electron chi connectivity index (χ2n) is 8.09. The third kappa shape index (κ3) is 4.37. The van der Waals surface area contributed by atoms with Crippen molar-refractivity contribution in [1.29, 1.82) is 0 Å². The van der Waals surface area contributed by atoms with E-state index >= 15 is 0 Å². The summed E-state index contributed by atoms with van der Waals surface area (Å²) in [6.45, 7) is 0.620. The summed E-state index contributed by atoms with van der Waals surface area (Å²) in [6.07, 6.45) is 0. The van der Waals surface area contributed by atoms with E-state index in [-0.39, 0.29) is 18.0 Å². The van der Waals surface area contributed by atoms with E-state index in [0.717, 1.165) is 22.2 Å². The third-order valence-electron chi connectivity index (χ3n) is 5.66. The largest absolute Gasteiger partial charge is 0.487 e. The zero-order valence-corrected chi connectivity index (χ0v) is 18.9. The number of ether oxygens (including phenoxy) is 2. The van der Waals surface area contributed by atoms with E-state index in [1.165, 1.54) is 0 Å². The first-order chi connectivity index (χ1) is 17.7. The highest BCUT2D eigenvalue weighted by molar-refractivity contribution is 5.85. The van der Waals surface area contributed by atoms with Crippen LogP contribution in [0, 0.1) is 0 Å². The molecule has 3 heterocycles. The fourth-order valence-electron chi connectivity index (χ4n) is 3.90. The first kappa shape index (κ1) is 21.5. The molecule has 9 heteroatoms. The predicted octanol–water partition coefficient (Wildman–Crippen LogP) is 4.68. The standard InChI is InChI=1S/C27H19N5O4/c33-27-22(26-29-31-32-30-26)14-19-7-4-10-24(25(19)36-27)35-15-17-5-3-8-21(13-17)34-16-20-12-11-18-6-1-2-9-23(18)28-20/h1-14H,15-16H2,(H,29,30,31,32). The molecule has 176 valence electrons. The van der Waals surface area contributed by atoms with E-state index in [9.17, 15) is 4.79 Å². The van der Waals surface area contributed by atoms with Crippen LogP contribution >= 0.6 is 0 Å². The average molecular weight is 477 g/mol. The van der Waals surface area contributed by atoms with Crippen LogP contribution in [0.15, 0.2) is 94.1 Å². The fourth-order valence-corrected chi connectivity index (χ4v) is 3.90. The first-order valence-corrected chi connectivity index (χ1v) is 11.2. The lowest BCUT2D eigenvalue weighted by atomic mass is 10.1. The Hall–Kier alpha value is -5.05. The summed E-state index contributed by atoms with van der Waals surface area (Å²) in [6, 6.07) is 26.7. The van der Waals surface area contributed by atoms with Crippen molar-refractivity contribution in [1.82, 2.24) is 25.6 Å². The molecule has 0 saturated heterocycles. The molecule has 0 aliphatic rings. The maximum absolute atomic E-state index is 12.5.